The summed E-state index contributed by atoms with van der Waals surface area (Å²) in [6.07, 6.45) is 0. The van der Waals surface area contributed by atoms with Crippen LogP contribution in [0.5, 0.6) is 5.75 Å². The number of hydrogen-bond donors (Lipinski definition) is 1. The maximum absolute atomic E-state index is 10.2. The Morgan fingerprint density at radius 3 is 1.58 bits per heavy atom. The molecule has 0 aromatic heterocycles. The molecule has 1 N–H and O–H groups in total. The van der Waals surface area contributed by atoms with E-state index >= 15 is 0 Å². The Kier molecular flexibility index (Phi) is 6.12. The van der Waals surface area contributed by atoms with Crippen LogP contribution in [-0.2, 0) is 5.41 Å². The predicted molar refractivity (Wildman–Crippen MR) is 86.6 cm³/mol. The number of phenolic OH excluding ortho intramolecular Hbond substituents is 1. The number of aromatic hydroxyl groups is 1. The fourth-order valence-corrected chi connectivity index (χ4v) is 1.99. The summed E-state index contributed by atoms with van der Waals surface area (Å²) in [5, 5.41) is 30.0. The van der Waals surface area contributed by atoms with Crippen LogP contribution >= 0.6 is 0 Å². The summed E-state index contributed by atoms with van der Waals surface area (Å²) in [6, 6.07) is 10.3. The van der Waals surface area contributed by atoms with E-state index in [1.807, 2.05) is 19.1 Å². The Bertz CT molecular complexity index is 691. The molecule has 0 aliphatic carbocycles. The van der Waals surface area contributed by atoms with Gasteiger partial charge in [0.2, 0.25) is 0 Å². The summed E-state index contributed by atoms with van der Waals surface area (Å²) in [5.74, 6) is -2.27. The molecule has 0 radical (unpaired) electrons. The van der Waals surface area contributed by atoms with Crippen LogP contribution in [0.4, 0.5) is 0 Å². The van der Waals surface area contributed by atoms with Gasteiger partial charge < -0.3 is 24.9 Å². The number of rotatable bonds is 2. The van der Waals surface area contributed by atoms with Crippen molar-refractivity contribution in [2.75, 3.05) is 0 Å². The SMILES string of the molecule is Cc1ccc(O)c(C(C)(C)C)c1.O=C([O-])c1ccc(C(=O)[O-])cc1. The molecule has 0 unspecified atom stereocenters. The number of carbonyl (C=O) groups excluding carboxylic acids is 2. The smallest absolute Gasteiger partial charge is 0.119 e. The fourth-order valence-electron chi connectivity index (χ4n) is 1.99. The average Bonchev–Trinajstić information content (AvgIpc) is 2.49. The van der Waals surface area contributed by atoms with E-state index in [1.165, 1.54) is 5.56 Å². The quantitative estimate of drug-likeness (QED) is 0.898. The molecular formula is C19H20O5-2. The van der Waals surface area contributed by atoms with Gasteiger partial charge in [-0.15, -0.1) is 0 Å². The number of aromatic carboxylic acids is 2. The standard InChI is InChI=1S/C11H16O.C8H6O4/c1-8-5-6-10(12)9(7-8)11(2,3)4;9-7(10)5-1-2-6(4-3-5)8(11)12/h5-7,12H,1-4H3;1-4H,(H,9,10)(H,11,12)/p-2. The molecule has 0 saturated heterocycles. The summed E-state index contributed by atoms with van der Waals surface area (Å²) in [6.45, 7) is 8.33. The lowest BCUT2D eigenvalue weighted by atomic mass is 9.85. The molecule has 2 aromatic carbocycles. The molecule has 0 fully saturated rings. The molecule has 0 aliphatic heterocycles. The normalized spacial score (nSPS) is 10.5. The highest BCUT2D eigenvalue weighted by molar-refractivity contribution is 5.89. The molecule has 0 spiro atoms. The number of phenols is 1. The minimum absolute atomic E-state index is 0.0239. The van der Waals surface area contributed by atoms with Gasteiger partial charge in [0.25, 0.3) is 0 Å². The van der Waals surface area contributed by atoms with Crippen LogP contribution in [0.25, 0.3) is 0 Å². The molecule has 0 amide bonds. The molecule has 5 heteroatoms. The monoisotopic (exact) mass is 328 g/mol. The second kappa shape index (κ2) is 7.64. The van der Waals surface area contributed by atoms with Crippen molar-refractivity contribution in [2.24, 2.45) is 0 Å². The number of carboxylic acid groups (broad SMARTS) is 2. The molecule has 0 heterocycles. The van der Waals surface area contributed by atoms with Gasteiger partial charge in [-0.25, -0.2) is 0 Å². The molecule has 0 bridgehead atoms. The van der Waals surface area contributed by atoms with Gasteiger partial charge in [0.05, 0.1) is 11.9 Å². The van der Waals surface area contributed by atoms with Crippen LogP contribution in [0.15, 0.2) is 42.5 Å². The van der Waals surface area contributed by atoms with Gasteiger partial charge in [-0.3, -0.25) is 0 Å². The Labute approximate surface area is 141 Å². The molecule has 0 saturated carbocycles. The zero-order valence-corrected chi connectivity index (χ0v) is 14.1. The predicted octanol–water partition coefficient (Wildman–Crippen LogP) is 1.41. The number of hydrogen-bond acceptors (Lipinski definition) is 5. The summed E-state index contributed by atoms with van der Waals surface area (Å²) in [7, 11) is 0. The maximum Gasteiger partial charge on any atom is 0.119 e. The second-order valence-electron chi connectivity index (χ2n) is 6.42. The van der Waals surface area contributed by atoms with Crippen molar-refractivity contribution in [1.29, 1.82) is 0 Å². The Balaban J connectivity index is 0.000000240. The number of benzene rings is 2. The third kappa shape index (κ3) is 5.43. The van der Waals surface area contributed by atoms with Crippen molar-refractivity contribution in [2.45, 2.75) is 33.1 Å². The third-order valence-electron chi connectivity index (χ3n) is 3.32. The Hall–Kier alpha value is -2.82. The molecule has 0 atom stereocenters. The van der Waals surface area contributed by atoms with Crippen LogP contribution < -0.4 is 10.2 Å². The van der Waals surface area contributed by atoms with E-state index in [2.05, 4.69) is 20.8 Å². The molecule has 24 heavy (non-hydrogen) atoms. The maximum atomic E-state index is 10.2. The first-order valence-electron chi connectivity index (χ1n) is 7.35. The minimum atomic E-state index is -1.33. The lowest BCUT2D eigenvalue weighted by Crippen LogP contribution is -2.24. The highest BCUT2D eigenvalue weighted by Gasteiger charge is 2.17. The number of aryl methyl sites for hydroxylation is 1. The highest BCUT2D eigenvalue weighted by Crippen LogP contribution is 2.30. The van der Waals surface area contributed by atoms with E-state index in [0.717, 1.165) is 29.8 Å². The largest absolute Gasteiger partial charge is 0.545 e. The van der Waals surface area contributed by atoms with Crippen LogP contribution in [0.3, 0.4) is 0 Å². The average molecular weight is 328 g/mol. The van der Waals surface area contributed by atoms with Gasteiger partial charge in [-0.05, 0) is 35.1 Å². The van der Waals surface area contributed by atoms with Gasteiger partial charge in [0, 0.05) is 0 Å². The van der Waals surface area contributed by atoms with E-state index in [-0.39, 0.29) is 16.5 Å². The van der Waals surface area contributed by atoms with E-state index in [1.54, 1.807) is 6.07 Å². The van der Waals surface area contributed by atoms with Crippen molar-refractivity contribution >= 4 is 11.9 Å². The second-order valence-corrected chi connectivity index (χ2v) is 6.42. The van der Waals surface area contributed by atoms with E-state index < -0.39 is 11.9 Å². The van der Waals surface area contributed by atoms with Crippen molar-refractivity contribution in [3.63, 3.8) is 0 Å². The third-order valence-corrected chi connectivity index (χ3v) is 3.32. The Morgan fingerprint density at radius 1 is 0.875 bits per heavy atom. The summed E-state index contributed by atoms with van der Waals surface area (Å²) in [4.78, 5) is 20.4. The fraction of sp³-hybridized carbons (Fsp3) is 0.263. The summed E-state index contributed by atoms with van der Waals surface area (Å²) >= 11 is 0. The summed E-state index contributed by atoms with van der Waals surface area (Å²) in [5.41, 5.74) is 2.12. The lowest BCUT2D eigenvalue weighted by Gasteiger charge is -2.20. The van der Waals surface area contributed by atoms with Crippen LogP contribution in [-0.4, -0.2) is 17.0 Å². The molecule has 2 rings (SSSR count). The first-order valence-corrected chi connectivity index (χ1v) is 7.35. The van der Waals surface area contributed by atoms with Crippen molar-refractivity contribution < 1.29 is 24.9 Å². The van der Waals surface area contributed by atoms with Crippen molar-refractivity contribution in [1.82, 2.24) is 0 Å². The molecule has 128 valence electrons. The highest BCUT2D eigenvalue weighted by atomic mass is 16.4. The number of carbonyl (C=O) groups is 2. The van der Waals surface area contributed by atoms with E-state index in [9.17, 15) is 24.9 Å². The molecule has 0 aliphatic rings. The van der Waals surface area contributed by atoms with Crippen LogP contribution in [0.2, 0.25) is 0 Å². The van der Waals surface area contributed by atoms with E-state index in [0.29, 0.717) is 5.75 Å². The lowest BCUT2D eigenvalue weighted by molar-refractivity contribution is -0.256. The topological polar surface area (TPSA) is 100 Å². The minimum Gasteiger partial charge on any atom is -0.545 e. The first kappa shape index (κ1) is 19.2. The zero-order valence-electron chi connectivity index (χ0n) is 14.1. The van der Waals surface area contributed by atoms with Gasteiger partial charge in [-0.1, -0.05) is 62.7 Å². The zero-order chi connectivity index (χ0) is 18.5. The van der Waals surface area contributed by atoms with Gasteiger partial charge in [-0.2, -0.15) is 0 Å². The van der Waals surface area contributed by atoms with Gasteiger partial charge >= 0.3 is 0 Å². The molecular weight excluding hydrogens is 308 g/mol. The Morgan fingerprint density at radius 2 is 1.29 bits per heavy atom. The van der Waals surface area contributed by atoms with Gasteiger partial charge in [0.1, 0.15) is 5.75 Å². The first-order chi connectivity index (χ1) is 11.0. The molecule has 2 aromatic rings. The van der Waals surface area contributed by atoms with Crippen LogP contribution in [0.1, 0.15) is 52.6 Å². The van der Waals surface area contributed by atoms with Gasteiger partial charge in [0.15, 0.2) is 0 Å². The van der Waals surface area contributed by atoms with Crippen molar-refractivity contribution in [3.8, 4) is 5.75 Å². The summed E-state index contributed by atoms with van der Waals surface area (Å²) < 4.78 is 0. The number of carboxylic acids is 2. The molecule has 5 nitrogen and oxygen atoms in total. The van der Waals surface area contributed by atoms with E-state index in [4.69, 9.17) is 0 Å². The van der Waals surface area contributed by atoms with Crippen molar-refractivity contribution in [3.05, 3.63) is 64.7 Å². The van der Waals surface area contributed by atoms with Crippen LogP contribution in [0, 0.1) is 6.92 Å².